The number of esters is 1. The van der Waals surface area contributed by atoms with E-state index in [-0.39, 0.29) is 39.7 Å². The Bertz CT molecular complexity index is 1810. The number of hydrogen-bond donors (Lipinski definition) is 3. The van der Waals surface area contributed by atoms with Crippen molar-refractivity contribution in [3.8, 4) is 39.9 Å². The molecule has 4 rings (SSSR count). The first-order valence-electron chi connectivity index (χ1n) is 12.9. The summed E-state index contributed by atoms with van der Waals surface area (Å²) < 4.78 is 43.4. The van der Waals surface area contributed by atoms with Crippen LogP contribution in [0.5, 0.6) is 28.7 Å². The number of halogens is 2. The van der Waals surface area contributed by atoms with Crippen LogP contribution >= 0.6 is 0 Å². The lowest BCUT2D eigenvalue weighted by Crippen LogP contribution is -2.09. The van der Waals surface area contributed by atoms with Crippen LogP contribution in [0, 0.1) is 11.6 Å². The van der Waals surface area contributed by atoms with E-state index in [0.29, 0.717) is 22.9 Å². The van der Waals surface area contributed by atoms with Crippen LogP contribution in [0.4, 0.5) is 8.78 Å². The average molecular weight is 601 g/mol. The maximum atomic E-state index is 14.3. The minimum atomic E-state index is -0.961. The lowest BCUT2D eigenvalue weighted by Gasteiger charge is -2.11. The van der Waals surface area contributed by atoms with E-state index in [4.69, 9.17) is 14.2 Å². The molecule has 224 valence electrons. The van der Waals surface area contributed by atoms with Gasteiger partial charge in [-0.15, -0.1) is 0 Å². The molecule has 0 unspecified atom stereocenters. The van der Waals surface area contributed by atoms with Crippen molar-refractivity contribution in [2.75, 3.05) is 14.2 Å². The van der Waals surface area contributed by atoms with Gasteiger partial charge in [0.15, 0.2) is 17.3 Å². The van der Waals surface area contributed by atoms with Gasteiger partial charge in [-0.2, -0.15) is 0 Å². The average Bonchev–Trinajstić information content (AvgIpc) is 3.00. The number of hydrogen-bond acceptors (Lipinski definition) is 8. The second-order valence-electron chi connectivity index (χ2n) is 9.26. The molecule has 44 heavy (non-hydrogen) atoms. The van der Waals surface area contributed by atoms with E-state index in [9.17, 15) is 33.7 Å². The van der Waals surface area contributed by atoms with Gasteiger partial charge in [-0.3, -0.25) is 4.79 Å². The molecule has 4 aromatic rings. The van der Waals surface area contributed by atoms with Crippen molar-refractivity contribution in [2.45, 2.75) is 0 Å². The lowest BCUT2D eigenvalue weighted by molar-refractivity contribution is -0.110. The summed E-state index contributed by atoms with van der Waals surface area (Å²) in [6.07, 6.45) is 6.41. The maximum Gasteiger partial charge on any atom is 0.347 e. The zero-order valence-corrected chi connectivity index (χ0v) is 23.5. The van der Waals surface area contributed by atoms with Crippen LogP contribution in [-0.2, 0) is 4.79 Å². The van der Waals surface area contributed by atoms with E-state index >= 15 is 0 Å². The topological polar surface area (TPSA) is 123 Å². The summed E-state index contributed by atoms with van der Waals surface area (Å²) in [5.41, 5.74) is 1.000. The Morgan fingerprint density at radius 1 is 0.750 bits per heavy atom. The molecule has 0 atom stereocenters. The molecule has 0 aliphatic heterocycles. The molecule has 0 saturated heterocycles. The Morgan fingerprint density at radius 2 is 1.48 bits per heavy atom. The largest absolute Gasteiger partial charge is 0.508 e. The first-order chi connectivity index (χ1) is 21.1. The normalized spacial score (nSPS) is 11.6. The summed E-state index contributed by atoms with van der Waals surface area (Å²) in [6, 6.07) is 15.8. The van der Waals surface area contributed by atoms with Gasteiger partial charge in [-0.1, -0.05) is 24.3 Å². The second-order valence-corrected chi connectivity index (χ2v) is 9.26. The molecule has 0 bridgehead atoms. The number of ether oxygens (including phenoxy) is 3. The number of aliphatic hydroxyl groups is 1. The highest BCUT2D eigenvalue weighted by Gasteiger charge is 2.17. The number of benzene rings is 4. The van der Waals surface area contributed by atoms with E-state index in [0.717, 1.165) is 12.1 Å². The maximum absolute atomic E-state index is 14.3. The third-order valence-corrected chi connectivity index (χ3v) is 6.19. The van der Waals surface area contributed by atoms with Gasteiger partial charge in [0.1, 0.15) is 40.2 Å². The molecule has 0 saturated carbocycles. The summed E-state index contributed by atoms with van der Waals surface area (Å²) >= 11 is 0. The summed E-state index contributed by atoms with van der Waals surface area (Å²) in [5.74, 6) is -3.32. The molecule has 0 spiro atoms. The lowest BCUT2D eigenvalue weighted by atomic mass is 10.0. The number of carbonyl (C=O) groups is 2. The van der Waals surface area contributed by atoms with Crippen LogP contribution in [0.3, 0.4) is 0 Å². The van der Waals surface area contributed by atoms with Crippen molar-refractivity contribution in [1.29, 1.82) is 0 Å². The number of phenolic OH excluding ortho intramolecular Hbond substituents is 2. The number of ketones is 1. The molecule has 4 aromatic carbocycles. The van der Waals surface area contributed by atoms with Crippen LogP contribution in [0.15, 0.2) is 96.8 Å². The van der Waals surface area contributed by atoms with Crippen LogP contribution in [0.1, 0.15) is 21.5 Å². The van der Waals surface area contributed by atoms with Crippen molar-refractivity contribution in [3.05, 3.63) is 125 Å². The molecule has 0 aromatic heterocycles. The van der Waals surface area contributed by atoms with E-state index in [1.807, 2.05) is 0 Å². The second kappa shape index (κ2) is 13.8. The minimum absolute atomic E-state index is 0.0184. The van der Waals surface area contributed by atoms with Crippen LogP contribution in [-0.4, -0.2) is 41.3 Å². The Hall–Kier alpha value is -5.90. The fourth-order valence-electron chi connectivity index (χ4n) is 4.02. The molecule has 8 nitrogen and oxygen atoms in total. The van der Waals surface area contributed by atoms with Gasteiger partial charge in [-0.05, 0) is 77.4 Å². The van der Waals surface area contributed by atoms with Crippen LogP contribution in [0.25, 0.3) is 23.3 Å². The fraction of sp³-hybridized carbons (Fsp3) is 0.0588. The summed E-state index contributed by atoms with van der Waals surface area (Å²) in [6.45, 7) is 0. The molecule has 0 heterocycles. The van der Waals surface area contributed by atoms with Crippen LogP contribution < -0.4 is 14.2 Å². The number of methoxy groups -OCH3 is 2. The third kappa shape index (κ3) is 7.89. The molecule has 0 aliphatic rings. The number of allylic oxidation sites excluding steroid dienone is 3. The Morgan fingerprint density at radius 3 is 2.20 bits per heavy atom. The number of phenols is 2. The zero-order valence-electron chi connectivity index (χ0n) is 23.5. The molecule has 0 fully saturated rings. The first-order valence-corrected chi connectivity index (χ1v) is 12.9. The first kappa shape index (κ1) is 31.0. The van der Waals surface area contributed by atoms with Gasteiger partial charge < -0.3 is 29.5 Å². The highest BCUT2D eigenvalue weighted by Crippen LogP contribution is 2.31. The van der Waals surface area contributed by atoms with E-state index in [1.165, 1.54) is 81.0 Å². The quantitative estimate of drug-likeness (QED) is 0.0584. The van der Waals surface area contributed by atoms with Crippen molar-refractivity contribution in [1.82, 2.24) is 0 Å². The Kier molecular flexibility index (Phi) is 9.77. The SMILES string of the molecule is COc1cc(/C=C/C(=O)/C=C(O)/C=C/c2ccc(O)c(OC)c2)cc(OC(=O)c2cc(-c3ccc(F)cc3F)ccc2O)c1. The van der Waals surface area contributed by atoms with Crippen molar-refractivity contribution < 1.29 is 47.9 Å². The van der Waals surface area contributed by atoms with Crippen molar-refractivity contribution >= 4 is 23.9 Å². The van der Waals surface area contributed by atoms with E-state index < -0.39 is 29.1 Å². The molecule has 0 amide bonds. The molecule has 0 radical (unpaired) electrons. The number of aromatic hydroxyl groups is 2. The van der Waals surface area contributed by atoms with Gasteiger partial charge in [0.2, 0.25) is 0 Å². The zero-order chi connectivity index (χ0) is 31.8. The van der Waals surface area contributed by atoms with Gasteiger partial charge in [-0.25, -0.2) is 13.6 Å². The smallest absolute Gasteiger partial charge is 0.347 e. The fourth-order valence-corrected chi connectivity index (χ4v) is 4.02. The highest BCUT2D eigenvalue weighted by atomic mass is 19.1. The monoisotopic (exact) mass is 600 g/mol. The van der Waals surface area contributed by atoms with Gasteiger partial charge in [0.25, 0.3) is 0 Å². The predicted octanol–water partition coefficient (Wildman–Crippen LogP) is 7.02. The Labute approximate surface area is 251 Å². The Balaban J connectivity index is 1.49. The molecule has 3 N–H and O–H groups in total. The van der Waals surface area contributed by atoms with Gasteiger partial charge in [0, 0.05) is 23.8 Å². The van der Waals surface area contributed by atoms with Crippen molar-refractivity contribution in [2.24, 2.45) is 0 Å². The van der Waals surface area contributed by atoms with Crippen molar-refractivity contribution in [3.63, 3.8) is 0 Å². The third-order valence-electron chi connectivity index (χ3n) is 6.19. The highest BCUT2D eigenvalue weighted by molar-refractivity contribution is 6.02. The summed E-state index contributed by atoms with van der Waals surface area (Å²) in [4.78, 5) is 25.4. The summed E-state index contributed by atoms with van der Waals surface area (Å²) in [5, 5.41) is 30.1. The molecular weight excluding hydrogens is 574 g/mol. The number of aliphatic hydroxyl groups excluding tert-OH is 1. The summed E-state index contributed by atoms with van der Waals surface area (Å²) in [7, 11) is 2.80. The van der Waals surface area contributed by atoms with Crippen LogP contribution in [0.2, 0.25) is 0 Å². The molecule has 10 heteroatoms. The predicted molar refractivity (Wildman–Crippen MR) is 160 cm³/mol. The molecular formula is C34H26F2O8. The van der Waals surface area contributed by atoms with Gasteiger partial charge in [0.05, 0.1) is 14.2 Å². The minimum Gasteiger partial charge on any atom is -0.508 e. The van der Waals surface area contributed by atoms with E-state index in [1.54, 1.807) is 18.2 Å². The standard InChI is InChI=1S/C34H26F2O8/c1-42-26-13-21(4-9-25(38)18-24(37)8-3-20-5-11-32(40)33(15-20)43-2)14-27(19-26)44-34(41)29-16-22(6-12-31(29)39)28-10-7-23(35)17-30(28)36/h3-19,37,39-40H,1-2H3/b8-3+,9-4+,24-18-. The molecule has 0 aliphatic carbocycles. The van der Waals surface area contributed by atoms with E-state index in [2.05, 4.69) is 0 Å². The number of rotatable bonds is 10. The van der Waals surface area contributed by atoms with Gasteiger partial charge >= 0.3 is 5.97 Å². The number of carbonyl (C=O) groups excluding carboxylic acids is 2.